The van der Waals surface area contributed by atoms with Crippen molar-refractivity contribution in [1.82, 2.24) is 10.3 Å². The van der Waals surface area contributed by atoms with Crippen molar-refractivity contribution in [3.63, 3.8) is 0 Å². The zero-order valence-electron chi connectivity index (χ0n) is 8.87. The molecule has 1 aliphatic heterocycles. The third kappa shape index (κ3) is 2.01. The van der Waals surface area contributed by atoms with Gasteiger partial charge in [0.25, 0.3) is 0 Å². The first-order valence-corrected chi connectivity index (χ1v) is 5.69. The first-order valence-electron chi connectivity index (χ1n) is 5.32. The lowest BCUT2D eigenvalue weighted by Crippen LogP contribution is -2.33. The van der Waals surface area contributed by atoms with Crippen LogP contribution in [0.5, 0.6) is 0 Å². The average Bonchev–Trinajstić information content (AvgIpc) is 2.74. The van der Waals surface area contributed by atoms with Crippen LogP contribution in [0, 0.1) is 5.82 Å². The van der Waals surface area contributed by atoms with Crippen molar-refractivity contribution in [2.45, 2.75) is 6.10 Å². The van der Waals surface area contributed by atoms with Crippen LogP contribution in [0.25, 0.3) is 11.1 Å². The molecule has 4 nitrogen and oxygen atoms in total. The second-order valence-corrected chi connectivity index (χ2v) is 4.26. The van der Waals surface area contributed by atoms with Gasteiger partial charge in [0.15, 0.2) is 5.58 Å². The van der Waals surface area contributed by atoms with Crippen molar-refractivity contribution >= 4 is 22.7 Å². The number of hydrogen-bond acceptors (Lipinski definition) is 4. The van der Waals surface area contributed by atoms with Crippen LogP contribution in [0.2, 0.25) is 5.02 Å². The molecule has 3 rings (SSSR count). The zero-order valence-corrected chi connectivity index (χ0v) is 9.63. The van der Waals surface area contributed by atoms with Crippen LogP contribution in [0.3, 0.4) is 0 Å². The highest BCUT2D eigenvalue weighted by Gasteiger charge is 2.21. The van der Waals surface area contributed by atoms with Gasteiger partial charge in [-0.2, -0.15) is 0 Å². The van der Waals surface area contributed by atoms with E-state index in [1.807, 2.05) is 0 Å². The molecule has 1 unspecified atom stereocenters. The minimum absolute atomic E-state index is 0.0417. The molecule has 1 atom stereocenters. The second kappa shape index (κ2) is 4.25. The van der Waals surface area contributed by atoms with Crippen LogP contribution in [0.1, 0.15) is 12.0 Å². The van der Waals surface area contributed by atoms with Crippen LogP contribution < -0.4 is 5.32 Å². The number of halogens is 2. The van der Waals surface area contributed by atoms with Gasteiger partial charge in [-0.1, -0.05) is 11.6 Å². The van der Waals surface area contributed by atoms with E-state index in [2.05, 4.69) is 10.3 Å². The normalized spacial score (nSPS) is 20.9. The molecule has 2 aromatic rings. The summed E-state index contributed by atoms with van der Waals surface area (Å²) in [6, 6.07) is 2.69. The van der Waals surface area contributed by atoms with Crippen LogP contribution >= 0.6 is 11.6 Å². The van der Waals surface area contributed by atoms with Gasteiger partial charge < -0.3 is 14.5 Å². The molecule has 1 fully saturated rings. The summed E-state index contributed by atoms with van der Waals surface area (Å²) in [5.74, 6) is -0.0570. The molecule has 1 N–H and O–H groups in total. The molecular formula is C11H10ClFN2O2. The maximum absolute atomic E-state index is 13.2. The van der Waals surface area contributed by atoms with Gasteiger partial charge in [-0.25, -0.2) is 9.37 Å². The van der Waals surface area contributed by atoms with Crippen LogP contribution in [-0.4, -0.2) is 24.7 Å². The summed E-state index contributed by atoms with van der Waals surface area (Å²) < 4.78 is 24.2. The average molecular weight is 257 g/mol. The predicted molar refractivity (Wildman–Crippen MR) is 60.5 cm³/mol. The molecular weight excluding hydrogens is 247 g/mol. The van der Waals surface area contributed by atoms with E-state index in [-0.39, 0.29) is 11.1 Å². The fourth-order valence-corrected chi connectivity index (χ4v) is 1.96. The molecule has 90 valence electrons. The number of rotatable bonds is 1. The highest BCUT2D eigenvalue weighted by molar-refractivity contribution is 6.31. The number of hydrogen-bond donors (Lipinski definition) is 1. The maximum Gasteiger partial charge on any atom is 0.225 e. The molecule has 0 aliphatic carbocycles. The quantitative estimate of drug-likeness (QED) is 0.850. The van der Waals surface area contributed by atoms with Crippen molar-refractivity contribution in [2.24, 2.45) is 0 Å². The molecule has 0 saturated carbocycles. The molecule has 6 heteroatoms. The number of nitrogens with zero attached hydrogens (tertiary/aromatic N) is 1. The highest BCUT2D eigenvalue weighted by Crippen LogP contribution is 2.27. The van der Waals surface area contributed by atoms with Gasteiger partial charge in [-0.15, -0.1) is 0 Å². The fourth-order valence-electron chi connectivity index (χ4n) is 1.80. The van der Waals surface area contributed by atoms with E-state index >= 15 is 0 Å². The second-order valence-electron chi connectivity index (χ2n) is 3.85. The van der Waals surface area contributed by atoms with Gasteiger partial charge in [0.1, 0.15) is 17.4 Å². The molecule has 1 saturated heterocycles. The molecule has 0 bridgehead atoms. The summed E-state index contributed by atoms with van der Waals surface area (Å²) in [5.41, 5.74) is 0.927. The summed E-state index contributed by atoms with van der Waals surface area (Å²) in [5, 5.41) is 3.22. The summed E-state index contributed by atoms with van der Waals surface area (Å²) in [4.78, 5) is 4.26. The van der Waals surface area contributed by atoms with Crippen LogP contribution in [0.15, 0.2) is 16.5 Å². The van der Waals surface area contributed by atoms with Crippen molar-refractivity contribution in [2.75, 3.05) is 19.7 Å². The fraction of sp³-hybridized carbons (Fsp3) is 0.364. The smallest absolute Gasteiger partial charge is 0.225 e. The number of oxazole rings is 1. The van der Waals surface area contributed by atoms with Gasteiger partial charge in [-0.3, -0.25) is 0 Å². The van der Waals surface area contributed by atoms with E-state index in [1.165, 1.54) is 12.1 Å². The molecule has 17 heavy (non-hydrogen) atoms. The molecule has 1 aliphatic rings. The minimum atomic E-state index is -0.510. The number of benzene rings is 1. The molecule has 0 amide bonds. The topological polar surface area (TPSA) is 47.3 Å². The first kappa shape index (κ1) is 11.0. The van der Waals surface area contributed by atoms with Crippen molar-refractivity contribution in [3.05, 3.63) is 28.9 Å². The van der Waals surface area contributed by atoms with Crippen molar-refractivity contribution in [3.8, 4) is 0 Å². The number of fused-ring (bicyclic) bond motifs is 1. The Bertz CT molecular complexity index is 513. The number of morpholine rings is 1. The Labute approximate surface area is 102 Å². The standard InChI is InChI=1S/C11H10ClFN2O2/c12-6-3-8-9(4-7(6)13)17-11(15-8)10-5-14-1-2-16-10/h3-4,10,14H,1-2,5H2. The molecule has 1 aromatic heterocycles. The lowest BCUT2D eigenvalue weighted by molar-refractivity contribution is 0.0118. The van der Waals surface area contributed by atoms with Crippen molar-refractivity contribution < 1.29 is 13.5 Å². The molecule has 0 spiro atoms. The van der Waals surface area contributed by atoms with Gasteiger partial charge in [0.05, 0.1) is 11.6 Å². The molecule has 0 radical (unpaired) electrons. The van der Waals surface area contributed by atoms with Gasteiger partial charge in [-0.05, 0) is 6.07 Å². The Morgan fingerprint density at radius 1 is 1.47 bits per heavy atom. The van der Waals surface area contributed by atoms with Crippen LogP contribution in [0.4, 0.5) is 4.39 Å². The first-order chi connectivity index (χ1) is 8.24. The third-order valence-electron chi connectivity index (χ3n) is 2.65. The molecule has 2 heterocycles. The lowest BCUT2D eigenvalue weighted by Gasteiger charge is -2.20. The Hall–Kier alpha value is -1.17. The monoisotopic (exact) mass is 256 g/mol. The summed E-state index contributed by atoms with van der Waals surface area (Å²) in [7, 11) is 0. The molecule has 1 aromatic carbocycles. The minimum Gasteiger partial charge on any atom is -0.438 e. The van der Waals surface area contributed by atoms with E-state index in [0.29, 0.717) is 30.1 Å². The number of nitrogens with one attached hydrogen (secondary N) is 1. The SMILES string of the molecule is Fc1cc2oc(C3CNCCO3)nc2cc1Cl. The summed E-state index contributed by atoms with van der Waals surface area (Å²) in [6.45, 7) is 2.07. The summed E-state index contributed by atoms with van der Waals surface area (Å²) in [6.07, 6.45) is -0.224. The zero-order chi connectivity index (χ0) is 11.8. The highest BCUT2D eigenvalue weighted by atomic mass is 35.5. The van der Waals surface area contributed by atoms with E-state index in [9.17, 15) is 4.39 Å². The van der Waals surface area contributed by atoms with E-state index < -0.39 is 5.82 Å². The summed E-state index contributed by atoms with van der Waals surface area (Å²) >= 11 is 5.68. The Balaban J connectivity index is 2.00. The largest absolute Gasteiger partial charge is 0.438 e. The van der Waals surface area contributed by atoms with Gasteiger partial charge >= 0.3 is 0 Å². The predicted octanol–water partition coefficient (Wildman–Crippen LogP) is 2.28. The Kier molecular flexibility index (Phi) is 2.74. The Morgan fingerprint density at radius 3 is 3.12 bits per heavy atom. The van der Waals surface area contributed by atoms with E-state index in [4.69, 9.17) is 20.8 Å². The number of ether oxygens (including phenoxy) is 1. The number of aromatic nitrogens is 1. The van der Waals surface area contributed by atoms with Gasteiger partial charge in [0.2, 0.25) is 5.89 Å². The van der Waals surface area contributed by atoms with E-state index in [1.54, 1.807) is 0 Å². The van der Waals surface area contributed by atoms with Crippen molar-refractivity contribution in [1.29, 1.82) is 0 Å². The Morgan fingerprint density at radius 2 is 2.35 bits per heavy atom. The van der Waals surface area contributed by atoms with Gasteiger partial charge in [0, 0.05) is 19.2 Å². The third-order valence-corrected chi connectivity index (χ3v) is 2.94. The van der Waals surface area contributed by atoms with E-state index in [0.717, 1.165) is 6.54 Å². The van der Waals surface area contributed by atoms with Crippen LogP contribution in [-0.2, 0) is 4.74 Å². The lowest BCUT2D eigenvalue weighted by atomic mass is 10.3. The maximum atomic E-state index is 13.2.